The first-order valence-electron chi connectivity index (χ1n) is 16.8. The molecule has 0 saturated carbocycles. The lowest BCUT2D eigenvalue weighted by molar-refractivity contribution is 0.671. The van der Waals surface area contributed by atoms with Crippen LogP contribution in [0.5, 0.6) is 0 Å². The van der Waals surface area contributed by atoms with Crippen molar-refractivity contribution < 1.29 is 4.42 Å². The molecule has 3 aromatic heterocycles. The molecule has 0 bridgehead atoms. The Morgan fingerprint density at radius 2 is 1.00 bits per heavy atom. The summed E-state index contributed by atoms with van der Waals surface area (Å²) in [6, 6.07) is 61.3. The van der Waals surface area contributed by atoms with E-state index in [0.29, 0.717) is 5.82 Å². The van der Waals surface area contributed by atoms with Gasteiger partial charge in [0.15, 0.2) is 11.4 Å². The average Bonchev–Trinajstić information content (AvgIpc) is 3.74. The van der Waals surface area contributed by atoms with Crippen LogP contribution in [0.3, 0.4) is 0 Å². The molecule has 0 amide bonds. The Hall–Kier alpha value is -6.78. The number of para-hydroxylation sites is 1. The molecule has 50 heavy (non-hydrogen) atoms. The fraction of sp³-hybridized carbons (Fsp3) is 0. The second kappa shape index (κ2) is 11.4. The normalized spacial score (nSPS) is 11.6. The summed E-state index contributed by atoms with van der Waals surface area (Å²) >= 11 is 0. The van der Waals surface area contributed by atoms with Crippen molar-refractivity contribution in [2.75, 3.05) is 0 Å². The van der Waals surface area contributed by atoms with Gasteiger partial charge in [-0.15, -0.1) is 0 Å². The van der Waals surface area contributed by atoms with Crippen LogP contribution in [-0.2, 0) is 0 Å². The fourth-order valence-electron chi connectivity index (χ4n) is 7.23. The number of fused-ring (bicyclic) bond motifs is 7. The summed E-state index contributed by atoms with van der Waals surface area (Å²) in [7, 11) is 0. The van der Waals surface area contributed by atoms with Crippen molar-refractivity contribution in [3.05, 3.63) is 176 Å². The van der Waals surface area contributed by atoms with Crippen LogP contribution in [0, 0.1) is 0 Å². The molecule has 10 aromatic rings. The van der Waals surface area contributed by atoms with Gasteiger partial charge >= 0.3 is 0 Å². The quantitative estimate of drug-likeness (QED) is 0.188. The number of hydrogen-bond acceptors (Lipinski definition) is 3. The van der Waals surface area contributed by atoms with Crippen molar-refractivity contribution in [1.82, 2.24) is 14.5 Å². The molecule has 0 aliphatic carbocycles. The predicted molar refractivity (Wildman–Crippen MR) is 205 cm³/mol. The first-order chi connectivity index (χ1) is 24.8. The molecule has 4 heteroatoms. The smallest absolute Gasteiger partial charge is 0.160 e. The monoisotopic (exact) mass is 639 g/mol. The van der Waals surface area contributed by atoms with Crippen LogP contribution in [0.2, 0.25) is 0 Å². The zero-order valence-electron chi connectivity index (χ0n) is 27.0. The van der Waals surface area contributed by atoms with Crippen molar-refractivity contribution in [1.29, 1.82) is 0 Å². The number of furan rings is 1. The summed E-state index contributed by atoms with van der Waals surface area (Å²) in [5.74, 6) is 0.673. The van der Waals surface area contributed by atoms with Gasteiger partial charge in [-0.05, 0) is 47.5 Å². The summed E-state index contributed by atoms with van der Waals surface area (Å²) in [6.45, 7) is 0. The van der Waals surface area contributed by atoms with E-state index in [1.54, 1.807) is 0 Å². The zero-order valence-corrected chi connectivity index (χ0v) is 27.0. The number of benzene rings is 7. The molecule has 0 N–H and O–H groups in total. The Bertz CT molecular complexity index is 2800. The minimum absolute atomic E-state index is 0.673. The van der Waals surface area contributed by atoms with Gasteiger partial charge in [-0.25, -0.2) is 9.97 Å². The molecular weight excluding hydrogens is 611 g/mol. The molecular formula is C46H29N3O. The van der Waals surface area contributed by atoms with Crippen LogP contribution in [-0.4, -0.2) is 14.5 Å². The molecule has 0 fully saturated rings. The lowest BCUT2D eigenvalue weighted by atomic mass is 10.0. The van der Waals surface area contributed by atoms with E-state index in [9.17, 15) is 0 Å². The third kappa shape index (κ3) is 4.61. The number of hydrogen-bond donors (Lipinski definition) is 0. The summed E-state index contributed by atoms with van der Waals surface area (Å²) in [5.41, 5.74) is 12.0. The zero-order chi connectivity index (χ0) is 33.0. The highest BCUT2D eigenvalue weighted by Crippen LogP contribution is 2.41. The van der Waals surface area contributed by atoms with E-state index in [2.05, 4.69) is 132 Å². The van der Waals surface area contributed by atoms with E-state index in [4.69, 9.17) is 14.4 Å². The Labute approximate surface area is 288 Å². The van der Waals surface area contributed by atoms with Gasteiger partial charge in [0.2, 0.25) is 0 Å². The van der Waals surface area contributed by atoms with Crippen LogP contribution in [0.15, 0.2) is 180 Å². The summed E-state index contributed by atoms with van der Waals surface area (Å²) in [6.07, 6.45) is 0. The molecule has 0 spiro atoms. The minimum atomic E-state index is 0.673. The predicted octanol–water partition coefficient (Wildman–Crippen LogP) is 12.1. The number of rotatable bonds is 5. The van der Waals surface area contributed by atoms with Crippen LogP contribution < -0.4 is 0 Å². The number of nitrogens with zero attached hydrogens (tertiary/aromatic N) is 3. The van der Waals surface area contributed by atoms with Gasteiger partial charge in [-0.2, -0.15) is 0 Å². The first kappa shape index (κ1) is 28.3. The third-order valence-electron chi connectivity index (χ3n) is 9.61. The molecule has 7 aromatic carbocycles. The molecule has 234 valence electrons. The highest BCUT2D eigenvalue weighted by Gasteiger charge is 2.20. The van der Waals surface area contributed by atoms with E-state index in [1.165, 1.54) is 10.9 Å². The summed E-state index contributed by atoms with van der Waals surface area (Å²) in [5, 5.41) is 4.52. The number of aromatic nitrogens is 3. The molecule has 0 radical (unpaired) electrons. The molecule has 0 saturated heterocycles. The first-order valence-corrected chi connectivity index (χ1v) is 16.8. The standard InChI is InChI=1S/C46H29N3O/c1-4-13-30(14-5-1)33-23-24-36-38-25-26-39-37-21-10-11-22-43(37)50-45(39)44(38)49(42(36)28-33)35-20-12-19-34(27-35)46-47-40(31-15-6-2-7-16-31)29-41(48-46)32-17-8-3-9-18-32/h1-29H. The molecule has 0 aliphatic heterocycles. The van der Waals surface area contributed by atoms with Gasteiger partial charge in [0.05, 0.1) is 22.4 Å². The molecule has 0 aliphatic rings. The highest BCUT2D eigenvalue weighted by molar-refractivity contribution is 6.21. The van der Waals surface area contributed by atoms with Crippen LogP contribution in [0.4, 0.5) is 0 Å². The Morgan fingerprint density at radius 1 is 0.400 bits per heavy atom. The van der Waals surface area contributed by atoms with Crippen molar-refractivity contribution in [3.8, 4) is 50.7 Å². The largest absolute Gasteiger partial charge is 0.454 e. The Balaban J connectivity index is 1.24. The highest BCUT2D eigenvalue weighted by atomic mass is 16.3. The SMILES string of the molecule is c1ccc(-c2ccc3c4ccc5c6ccccc6oc5c4n(-c4cccc(-c5nc(-c6ccccc6)cc(-c6ccccc6)n5)c4)c3c2)cc1. The second-order valence-corrected chi connectivity index (χ2v) is 12.6. The van der Waals surface area contributed by atoms with Gasteiger partial charge in [0.1, 0.15) is 5.58 Å². The van der Waals surface area contributed by atoms with Gasteiger partial charge in [0.25, 0.3) is 0 Å². The molecule has 0 atom stereocenters. The van der Waals surface area contributed by atoms with Crippen molar-refractivity contribution in [2.24, 2.45) is 0 Å². The van der Waals surface area contributed by atoms with E-state index < -0.39 is 0 Å². The topological polar surface area (TPSA) is 43.9 Å². The third-order valence-corrected chi connectivity index (χ3v) is 9.61. The Kier molecular flexibility index (Phi) is 6.46. The molecule has 4 nitrogen and oxygen atoms in total. The van der Waals surface area contributed by atoms with Gasteiger partial charge in [0, 0.05) is 43.9 Å². The van der Waals surface area contributed by atoms with E-state index in [1.807, 2.05) is 48.5 Å². The van der Waals surface area contributed by atoms with Crippen molar-refractivity contribution in [2.45, 2.75) is 0 Å². The molecule has 10 rings (SSSR count). The van der Waals surface area contributed by atoms with Crippen molar-refractivity contribution >= 4 is 43.7 Å². The fourth-order valence-corrected chi connectivity index (χ4v) is 7.23. The molecule has 3 heterocycles. The maximum absolute atomic E-state index is 6.67. The van der Waals surface area contributed by atoms with Gasteiger partial charge in [-0.1, -0.05) is 140 Å². The van der Waals surface area contributed by atoms with Gasteiger partial charge in [-0.3, -0.25) is 0 Å². The van der Waals surface area contributed by atoms with Crippen LogP contribution in [0.25, 0.3) is 94.5 Å². The molecule has 0 unspecified atom stereocenters. The van der Waals surface area contributed by atoms with E-state index in [0.717, 1.165) is 77.7 Å². The lowest BCUT2D eigenvalue weighted by Gasteiger charge is -2.12. The summed E-state index contributed by atoms with van der Waals surface area (Å²) < 4.78 is 9.02. The van der Waals surface area contributed by atoms with Gasteiger partial charge < -0.3 is 8.98 Å². The lowest BCUT2D eigenvalue weighted by Crippen LogP contribution is -1.98. The maximum Gasteiger partial charge on any atom is 0.160 e. The second-order valence-electron chi connectivity index (χ2n) is 12.6. The average molecular weight is 640 g/mol. The Morgan fingerprint density at radius 3 is 1.72 bits per heavy atom. The van der Waals surface area contributed by atoms with E-state index in [-0.39, 0.29) is 0 Å². The van der Waals surface area contributed by atoms with Crippen LogP contribution >= 0.6 is 0 Å². The summed E-state index contributed by atoms with van der Waals surface area (Å²) in [4.78, 5) is 10.3. The van der Waals surface area contributed by atoms with E-state index >= 15 is 0 Å². The minimum Gasteiger partial charge on any atom is -0.454 e. The van der Waals surface area contributed by atoms with Crippen molar-refractivity contribution in [3.63, 3.8) is 0 Å². The van der Waals surface area contributed by atoms with Crippen LogP contribution in [0.1, 0.15) is 0 Å². The maximum atomic E-state index is 6.67.